The van der Waals surface area contributed by atoms with E-state index in [2.05, 4.69) is 41.5 Å². The molecule has 0 radical (unpaired) electrons. The lowest BCUT2D eigenvalue weighted by Crippen LogP contribution is -2.46. The van der Waals surface area contributed by atoms with Crippen molar-refractivity contribution < 1.29 is 9.59 Å². The molecular weight excluding hydrogens is 362 g/mol. The van der Waals surface area contributed by atoms with Gasteiger partial charge in [-0.25, -0.2) is 0 Å². The summed E-state index contributed by atoms with van der Waals surface area (Å²) in [5.74, 6) is 0.251. The molecule has 0 saturated carbocycles. The maximum atomic E-state index is 12.7. The number of anilines is 1. The largest absolute Gasteiger partial charge is 0.348 e. The van der Waals surface area contributed by atoms with Crippen LogP contribution in [0.1, 0.15) is 38.3 Å². The van der Waals surface area contributed by atoms with E-state index in [9.17, 15) is 9.59 Å². The monoisotopic (exact) mass is 393 g/mol. The number of rotatable bonds is 7. The molecule has 29 heavy (non-hydrogen) atoms. The minimum atomic E-state index is -0.0909. The van der Waals surface area contributed by atoms with E-state index in [-0.39, 0.29) is 23.8 Å². The fourth-order valence-corrected chi connectivity index (χ4v) is 3.90. The van der Waals surface area contributed by atoms with E-state index >= 15 is 0 Å². The molecule has 3 rings (SSSR count). The molecule has 2 aromatic carbocycles. The van der Waals surface area contributed by atoms with Gasteiger partial charge in [0, 0.05) is 12.2 Å². The SMILES string of the molecule is CC(C)[C@H](NC(=O)CN1CCC[C@H](C(=O)Nc2ccccc2)C1)c1ccccc1. The van der Waals surface area contributed by atoms with Crippen LogP contribution >= 0.6 is 0 Å². The Morgan fingerprint density at radius 3 is 2.34 bits per heavy atom. The number of piperidine rings is 1. The van der Waals surface area contributed by atoms with Crippen molar-refractivity contribution in [2.45, 2.75) is 32.7 Å². The number of para-hydroxylation sites is 1. The van der Waals surface area contributed by atoms with E-state index in [4.69, 9.17) is 0 Å². The van der Waals surface area contributed by atoms with Crippen LogP contribution in [-0.2, 0) is 9.59 Å². The van der Waals surface area contributed by atoms with Gasteiger partial charge in [0.1, 0.15) is 0 Å². The van der Waals surface area contributed by atoms with Crippen molar-refractivity contribution in [3.63, 3.8) is 0 Å². The van der Waals surface area contributed by atoms with Gasteiger partial charge in [-0.1, -0.05) is 62.4 Å². The summed E-state index contributed by atoms with van der Waals surface area (Å²) in [5, 5.41) is 6.17. The minimum absolute atomic E-state index is 0.00864. The molecule has 1 saturated heterocycles. The topological polar surface area (TPSA) is 61.4 Å². The number of likely N-dealkylation sites (tertiary alicyclic amines) is 1. The highest BCUT2D eigenvalue weighted by molar-refractivity contribution is 5.92. The molecule has 1 fully saturated rings. The smallest absolute Gasteiger partial charge is 0.234 e. The fourth-order valence-electron chi connectivity index (χ4n) is 3.90. The Morgan fingerprint density at radius 2 is 1.69 bits per heavy atom. The van der Waals surface area contributed by atoms with Crippen LogP contribution in [0.15, 0.2) is 60.7 Å². The van der Waals surface area contributed by atoms with Crippen molar-refractivity contribution >= 4 is 17.5 Å². The van der Waals surface area contributed by atoms with Crippen molar-refractivity contribution in [2.24, 2.45) is 11.8 Å². The number of amides is 2. The zero-order valence-corrected chi connectivity index (χ0v) is 17.3. The van der Waals surface area contributed by atoms with E-state index < -0.39 is 0 Å². The van der Waals surface area contributed by atoms with Crippen molar-refractivity contribution in [3.8, 4) is 0 Å². The molecule has 2 atom stereocenters. The van der Waals surface area contributed by atoms with Crippen LogP contribution in [0.5, 0.6) is 0 Å². The Morgan fingerprint density at radius 1 is 1.03 bits per heavy atom. The summed E-state index contributed by atoms with van der Waals surface area (Å²) >= 11 is 0. The number of nitrogens with zero attached hydrogens (tertiary/aromatic N) is 1. The maximum absolute atomic E-state index is 12.7. The normalized spacial score (nSPS) is 18.2. The molecule has 2 N–H and O–H groups in total. The Hall–Kier alpha value is -2.66. The zero-order valence-electron chi connectivity index (χ0n) is 17.3. The third kappa shape index (κ3) is 6.16. The molecule has 0 aliphatic carbocycles. The van der Waals surface area contributed by atoms with Gasteiger partial charge in [0.2, 0.25) is 11.8 Å². The van der Waals surface area contributed by atoms with Crippen LogP contribution in [0.3, 0.4) is 0 Å². The predicted molar refractivity (Wildman–Crippen MR) is 116 cm³/mol. The number of benzene rings is 2. The van der Waals surface area contributed by atoms with Gasteiger partial charge in [-0.2, -0.15) is 0 Å². The van der Waals surface area contributed by atoms with Crippen LogP contribution in [0.2, 0.25) is 0 Å². The first-order valence-corrected chi connectivity index (χ1v) is 10.5. The lowest BCUT2D eigenvalue weighted by molar-refractivity contribution is -0.126. The van der Waals surface area contributed by atoms with E-state index in [0.29, 0.717) is 19.0 Å². The van der Waals surface area contributed by atoms with Crippen LogP contribution in [0.4, 0.5) is 5.69 Å². The summed E-state index contributed by atoms with van der Waals surface area (Å²) in [6.45, 7) is 6.01. The second-order valence-electron chi connectivity index (χ2n) is 8.13. The number of carbonyl (C=O) groups excluding carboxylic acids is 2. The molecule has 5 nitrogen and oxygen atoms in total. The third-order valence-electron chi connectivity index (χ3n) is 5.43. The summed E-state index contributed by atoms with van der Waals surface area (Å²) < 4.78 is 0. The van der Waals surface area contributed by atoms with Crippen LogP contribution in [0, 0.1) is 11.8 Å². The third-order valence-corrected chi connectivity index (χ3v) is 5.43. The molecule has 1 aliphatic heterocycles. The molecule has 1 heterocycles. The van der Waals surface area contributed by atoms with E-state index in [1.54, 1.807) is 0 Å². The number of nitrogens with one attached hydrogen (secondary N) is 2. The molecule has 0 bridgehead atoms. The summed E-state index contributed by atoms with van der Waals surface area (Å²) in [6, 6.07) is 19.6. The van der Waals surface area contributed by atoms with E-state index in [1.165, 1.54) is 0 Å². The van der Waals surface area contributed by atoms with Gasteiger partial charge in [-0.15, -0.1) is 0 Å². The Labute approximate surface area is 173 Å². The van der Waals surface area contributed by atoms with Gasteiger partial charge in [0.25, 0.3) is 0 Å². The first-order valence-electron chi connectivity index (χ1n) is 10.5. The standard InChI is InChI=1S/C24H31N3O2/c1-18(2)23(19-10-5-3-6-11-19)26-22(28)17-27-15-9-12-20(16-27)24(29)25-21-13-7-4-8-14-21/h3-8,10-11,13-14,18,20,23H,9,12,15-17H2,1-2H3,(H,25,29)(H,26,28)/t20-,23-/m0/s1. The van der Waals surface area contributed by atoms with Crippen LogP contribution in [-0.4, -0.2) is 36.3 Å². The first kappa shape index (κ1) is 21.1. The summed E-state index contributed by atoms with van der Waals surface area (Å²) in [5.41, 5.74) is 1.93. The second-order valence-corrected chi connectivity index (χ2v) is 8.13. The highest BCUT2D eigenvalue weighted by atomic mass is 16.2. The van der Waals surface area contributed by atoms with Gasteiger partial charge in [-0.05, 0) is 43.0 Å². The molecule has 2 amide bonds. The molecule has 0 spiro atoms. The number of hydrogen-bond acceptors (Lipinski definition) is 3. The lowest BCUT2D eigenvalue weighted by Gasteiger charge is -2.32. The molecule has 5 heteroatoms. The van der Waals surface area contributed by atoms with Gasteiger partial charge < -0.3 is 10.6 Å². The molecule has 1 aliphatic rings. The van der Waals surface area contributed by atoms with Gasteiger partial charge in [0.05, 0.1) is 18.5 Å². The lowest BCUT2D eigenvalue weighted by atomic mass is 9.95. The quantitative estimate of drug-likeness (QED) is 0.751. The Bertz CT molecular complexity index is 792. The maximum Gasteiger partial charge on any atom is 0.234 e. The molecule has 0 aromatic heterocycles. The predicted octanol–water partition coefficient (Wildman–Crippen LogP) is 3.85. The van der Waals surface area contributed by atoms with Crippen molar-refractivity contribution in [2.75, 3.05) is 25.0 Å². The van der Waals surface area contributed by atoms with Crippen LogP contribution < -0.4 is 10.6 Å². The van der Waals surface area contributed by atoms with Crippen molar-refractivity contribution in [1.82, 2.24) is 10.2 Å². The van der Waals surface area contributed by atoms with Gasteiger partial charge in [-0.3, -0.25) is 14.5 Å². The number of carbonyl (C=O) groups is 2. The van der Waals surface area contributed by atoms with Gasteiger partial charge >= 0.3 is 0 Å². The average Bonchev–Trinajstić information content (AvgIpc) is 2.73. The van der Waals surface area contributed by atoms with Gasteiger partial charge in [0.15, 0.2) is 0 Å². The molecular formula is C24H31N3O2. The van der Waals surface area contributed by atoms with E-state index in [1.807, 2.05) is 48.5 Å². The van der Waals surface area contributed by atoms with E-state index in [0.717, 1.165) is 30.6 Å². The van der Waals surface area contributed by atoms with Crippen molar-refractivity contribution in [3.05, 3.63) is 66.2 Å². The number of hydrogen-bond donors (Lipinski definition) is 2. The summed E-state index contributed by atoms with van der Waals surface area (Å²) in [7, 11) is 0. The second kappa shape index (κ2) is 10.2. The van der Waals surface area contributed by atoms with Crippen molar-refractivity contribution in [1.29, 1.82) is 0 Å². The molecule has 154 valence electrons. The summed E-state index contributed by atoms with van der Waals surface area (Å²) in [6.07, 6.45) is 1.78. The molecule has 2 aromatic rings. The highest BCUT2D eigenvalue weighted by Crippen LogP contribution is 2.22. The Balaban J connectivity index is 1.54. The molecule has 0 unspecified atom stereocenters. The summed E-state index contributed by atoms with van der Waals surface area (Å²) in [4.78, 5) is 27.4. The van der Waals surface area contributed by atoms with Crippen LogP contribution in [0.25, 0.3) is 0 Å². The fraction of sp³-hybridized carbons (Fsp3) is 0.417. The average molecular weight is 394 g/mol. The zero-order chi connectivity index (χ0) is 20.6. The highest BCUT2D eigenvalue weighted by Gasteiger charge is 2.27. The first-order chi connectivity index (χ1) is 14.0. The minimum Gasteiger partial charge on any atom is -0.348 e. The Kier molecular flexibility index (Phi) is 7.42.